The van der Waals surface area contributed by atoms with Crippen LogP contribution in [0.5, 0.6) is 0 Å². The van der Waals surface area contributed by atoms with Crippen molar-refractivity contribution in [3.05, 3.63) is 53.6 Å². The summed E-state index contributed by atoms with van der Waals surface area (Å²) in [5, 5.41) is 9.10. The van der Waals surface area contributed by atoms with Crippen LogP contribution in [0.25, 0.3) is 5.69 Å². The molecule has 3 rings (SSSR count). The van der Waals surface area contributed by atoms with E-state index in [1.807, 2.05) is 35.3 Å². The molecule has 7 nitrogen and oxygen atoms in total. The van der Waals surface area contributed by atoms with Gasteiger partial charge in [0.2, 0.25) is 0 Å². The summed E-state index contributed by atoms with van der Waals surface area (Å²) < 4.78 is 8.89. The van der Waals surface area contributed by atoms with Crippen LogP contribution >= 0.6 is 0 Å². The third kappa shape index (κ3) is 3.45. The van der Waals surface area contributed by atoms with E-state index >= 15 is 0 Å². The molecule has 0 aliphatic rings. The summed E-state index contributed by atoms with van der Waals surface area (Å²) in [6, 6.07) is 5.90. The molecule has 0 atom stereocenters. The first-order valence-electron chi connectivity index (χ1n) is 7.52. The van der Waals surface area contributed by atoms with Gasteiger partial charge < -0.3 is 4.74 Å². The fourth-order valence-corrected chi connectivity index (χ4v) is 2.45. The number of hydrogen-bond donors (Lipinski definition) is 0. The maximum absolute atomic E-state index is 5.12. The molecule has 0 radical (unpaired) electrons. The lowest BCUT2D eigenvalue weighted by Gasteiger charge is -2.06. The third-order valence-corrected chi connectivity index (χ3v) is 3.53. The van der Waals surface area contributed by atoms with Gasteiger partial charge in [0.15, 0.2) is 11.6 Å². The molecular weight excluding hydrogens is 292 g/mol. The number of ether oxygens (including phenoxy) is 1. The van der Waals surface area contributed by atoms with Gasteiger partial charge in [-0.2, -0.15) is 10.2 Å². The Bertz CT molecular complexity index is 777. The Morgan fingerprint density at radius 1 is 1.22 bits per heavy atom. The van der Waals surface area contributed by atoms with Crippen LogP contribution in [-0.4, -0.2) is 43.2 Å². The van der Waals surface area contributed by atoms with E-state index in [0.29, 0.717) is 19.6 Å². The Morgan fingerprint density at radius 3 is 2.74 bits per heavy atom. The van der Waals surface area contributed by atoms with Gasteiger partial charge in [0.1, 0.15) is 6.54 Å². The van der Waals surface area contributed by atoms with Crippen molar-refractivity contribution < 1.29 is 4.74 Å². The van der Waals surface area contributed by atoms with Gasteiger partial charge in [-0.3, -0.25) is 9.67 Å². The fraction of sp³-hybridized carbons (Fsp3) is 0.375. The van der Waals surface area contributed by atoms with Crippen molar-refractivity contribution in [1.29, 1.82) is 0 Å². The zero-order chi connectivity index (χ0) is 16.2. The number of rotatable bonds is 6. The minimum Gasteiger partial charge on any atom is -0.384 e. The second-order valence-corrected chi connectivity index (χ2v) is 5.39. The molecule has 0 amide bonds. The number of pyridine rings is 1. The quantitative estimate of drug-likeness (QED) is 0.693. The molecule has 120 valence electrons. The zero-order valence-electron chi connectivity index (χ0n) is 13.6. The Hall–Kier alpha value is -2.54. The third-order valence-electron chi connectivity index (χ3n) is 3.53. The molecule has 0 saturated carbocycles. The molecule has 0 bridgehead atoms. The summed E-state index contributed by atoms with van der Waals surface area (Å²) >= 11 is 0. The highest BCUT2D eigenvalue weighted by molar-refractivity contribution is 5.28. The van der Waals surface area contributed by atoms with E-state index in [2.05, 4.69) is 26.2 Å². The normalized spacial score (nSPS) is 11.1. The lowest BCUT2D eigenvalue weighted by atomic mass is 10.4. The molecule has 0 fully saturated rings. The first kappa shape index (κ1) is 15.4. The number of aromatic nitrogens is 6. The SMILES string of the molecule is COCCc1nc(Cn2nc(C)cc2C)n(-c2cccnc2)n1. The first-order chi connectivity index (χ1) is 11.2. The van der Waals surface area contributed by atoms with Crippen LogP contribution in [0.3, 0.4) is 0 Å². The van der Waals surface area contributed by atoms with Crippen molar-refractivity contribution >= 4 is 0 Å². The van der Waals surface area contributed by atoms with Gasteiger partial charge in [0.05, 0.1) is 24.2 Å². The van der Waals surface area contributed by atoms with Crippen LogP contribution in [0.1, 0.15) is 23.0 Å². The smallest absolute Gasteiger partial charge is 0.154 e. The van der Waals surface area contributed by atoms with Gasteiger partial charge in [-0.05, 0) is 32.0 Å². The van der Waals surface area contributed by atoms with Gasteiger partial charge in [0.25, 0.3) is 0 Å². The van der Waals surface area contributed by atoms with E-state index in [9.17, 15) is 0 Å². The van der Waals surface area contributed by atoms with Gasteiger partial charge in [-0.1, -0.05) is 0 Å². The average Bonchev–Trinajstić information content (AvgIpc) is 3.09. The van der Waals surface area contributed by atoms with Crippen molar-refractivity contribution in [3.8, 4) is 5.69 Å². The predicted molar refractivity (Wildman–Crippen MR) is 85.5 cm³/mol. The molecule has 3 aromatic rings. The fourth-order valence-electron chi connectivity index (χ4n) is 2.45. The Labute approximate surface area is 135 Å². The lowest BCUT2D eigenvalue weighted by molar-refractivity contribution is 0.200. The Morgan fingerprint density at radius 2 is 2.09 bits per heavy atom. The molecule has 0 saturated heterocycles. The zero-order valence-corrected chi connectivity index (χ0v) is 13.6. The van der Waals surface area contributed by atoms with Crippen LogP contribution in [0.4, 0.5) is 0 Å². The molecule has 0 aliphatic heterocycles. The van der Waals surface area contributed by atoms with Gasteiger partial charge in [0, 0.05) is 25.4 Å². The average molecular weight is 312 g/mol. The highest BCUT2D eigenvalue weighted by Crippen LogP contribution is 2.12. The summed E-state index contributed by atoms with van der Waals surface area (Å²) in [5.74, 6) is 1.59. The van der Waals surface area contributed by atoms with Crippen LogP contribution < -0.4 is 0 Å². The molecule has 0 unspecified atom stereocenters. The minimum absolute atomic E-state index is 0.564. The van der Waals surface area contributed by atoms with E-state index in [4.69, 9.17) is 4.74 Å². The Balaban J connectivity index is 1.96. The maximum atomic E-state index is 5.12. The molecular formula is C16H20N6O. The predicted octanol–water partition coefficient (Wildman–Crippen LogP) is 1.71. The lowest BCUT2D eigenvalue weighted by Crippen LogP contribution is -2.11. The van der Waals surface area contributed by atoms with Crippen LogP contribution in [0.2, 0.25) is 0 Å². The van der Waals surface area contributed by atoms with Gasteiger partial charge in [-0.25, -0.2) is 9.67 Å². The number of methoxy groups -OCH3 is 1. The van der Waals surface area contributed by atoms with Crippen LogP contribution in [0.15, 0.2) is 30.6 Å². The molecule has 3 heterocycles. The largest absolute Gasteiger partial charge is 0.384 e. The highest BCUT2D eigenvalue weighted by atomic mass is 16.5. The second-order valence-electron chi connectivity index (χ2n) is 5.39. The topological polar surface area (TPSA) is 70.7 Å². The van der Waals surface area contributed by atoms with Crippen molar-refractivity contribution in [1.82, 2.24) is 29.5 Å². The van der Waals surface area contributed by atoms with Crippen molar-refractivity contribution in [2.45, 2.75) is 26.8 Å². The number of aryl methyl sites for hydroxylation is 2. The van der Waals surface area contributed by atoms with E-state index in [1.165, 1.54) is 0 Å². The van der Waals surface area contributed by atoms with Crippen molar-refractivity contribution in [2.24, 2.45) is 0 Å². The van der Waals surface area contributed by atoms with Gasteiger partial charge in [-0.15, -0.1) is 0 Å². The van der Waals surface area contributed by atoms with Crippen molar-refractivity contribution in [2.75, 3.05) is 13.7 Å². The molecule has 0 aliphatic carbocycles. The van der Waals surface area contributed by atoms with E-state index in [0.717, 1.165) is 28.7 Å². The van der Waals surface area contributed by atoms with Gasteiger partial charge >= 0.3 is 0 Å². The minimum atomic E-state index is 0.564. The second kappa shape index (κ2) is 6.70. The Kier molecular flexibility index (Phi) is 4.47. The number of hydrogen-bond acceptors (Lipinski definition) is 5. The summed E-state index contributed by atoms with van der Waals surface area (Å²) in [6.45, 7) is 5.18. The van der Waals surface area contributed by atoms with Crippen LogP contribution in [-0.2, 0) is 17.7 Å². The van der Waals surface area contributed by atoms with Crippen LogP contribution in [0, 0.1) is 13.8 Å². The highest BCUT2D eigenvalue weighted by Gasteiger charge is 2.14. The van der Waals surface area contributed by atoms with E-state index in [1.54, 1.807) is 19.5 Å². The first-order valence-corrected chi connectivity index (χ1v) is 7.52. The van der Waals surface area contributed by atoms with E-state index < -0.39 is 0 Å². The molecule has 23 heavy (non-hydrogen) atoms. The molecule has 0 spiro atoms. The summed E-state index contributed by atoms with van der Waals surface area (Å²) in [5.41, 5.74) is 2.98. The summed E-state index contributed by atoms with van der Waals surface area (Å²) in [4.78, 5) is 8.82. The molecule has 0 N–H and O–H groups in total. The maximum Gasteiger partial charge on any atom is 0.154 e. The molecule has 7 heteroatoms. The number of nitrogens with zero attached hydrogens (tertiary/aromatic N) is 6. The van der Waals surface area contributed by atoms with E-state index in [-0.39, 0.29) is 0 Å². The molecule has 0 aromatic carbocycles. The van der Waals surface area contributed by atoms with Crippen molar-refractivity contribution in [3.63, 3.8) is 0 Å². The monoisotopic (exact) mass is 312 g/mol. The molecule has 3 aromatic heterocycles. The standard InChI is InChI=1S/C16H20N6O/c1-12-9-13(2)21(19-12)11-16-18-15(6-8-23-3)20-22(16)14-5-4-7-17-10-14/h4-5,7,9-10H,6,8,11H2,1-3H3. The summed E-state index contributed by atoms with van der Waals surface area (Å²) in [6.07, 6.45) is 4.19. The summed E-state index contributed by atoms with van der Waals surface area (Å²) in [7, 11) is 1.68.